The fourth-order valence-corrected chi connectivity index (χ4v) is 1.08. The zero-order chi connectivity index (χ0) is 10.1. The van der Waals surface area contributed by atoms with Gasteiger partial charge in [0.1, 0.15) is 5.69 Å². The molecule has 6 heteroatoms. The van der Waals surface area contributed by atoms with Gasteiger partial charge < -0.3 is 4.52 Å². The van der Waals surface area contributed by atoms with Crippen molar-refractivity contribution in [3.05, 3.63) is 22.7 Å². The number of aryl methyl sites for hydroxylation is 2. The molecule has 0 saturated carbocycles. The van der Waals surface area contributed by atoms with Crippen LogP contribution in [0.2, 0.25) is 5.15 Å². The SMILES string of the molecule is Cc1nc(-c2cc(C)c(Cl)nn2)no1. The molecule has 0 N–H and O–H groups in total. The minimum Gasteiger partial charge on any atom is -0.339 e. The van der Waals surface area contributed by atoms with E-state index in [0.717, 1.165) is 5.56 Å². The lowest BCUT2D eigenvalue weighted by Crippen LogP contribution is -1.92. The lowest BCUT2D eigenvalue weighted by Gasteiger charge is -1.96. The smallest absolute Gasteiger partial charge is 0.223 e. The van der Waals surface area contributed by atoms with Gasteiger partial charge in [-0.3, -0.25) is 0 Å². The molecule has 5 nitrogen and oxygen atoms in total. The molecule has 0 amide bonds. The first kappa shape index (κ1) is 9.08. The van der Waals surface area contributed by atoms with Crippen molar-refractivity contribution in [1.29, 1.82) is 0 Å². The summed E-state index contributed by atoms with van der Waals surface area (Å²) in [6, 6.07) is 1.76. The minimum absolute atomic E-state index is 0.383. The molecule has 0 fully saturated rings. The summed E-state index contributed by atoms with van der Waals surface area (Å²) in [4.78, 5) is 4.03. The van der Waals surface area contributed by atoms with Gasteiger partial charge in [-0.25, -0.2) is 0 Å². The zero-order valence-corrected chi connectivity index (χ0v) is 8.41. The monoisotopic (exact) mass is 210 g/mol. The van der Waals surface area contributed by atoms with Gasteiger partial charge in [-0.1, -0.05) is 16.8 Å². The fourth-order valence-electron chi connectivity index (χ4n) is 0.983. The van der Waals surface area contributed by atoms with Gasteiger partial charge >= 0.3 is 0 Å². The largest absolute Gasteiger partial charge is 0.339 e. The maximum absolute atomic E-state index is 5.74. The van der Waals surface area contributed by atoms with E-state index in [2.05, 4.69) is 20.3 Å². The summed E-state index contributed by atoms with van der Waals surface area (Å²) in [6.45, 7) is 3.56. The van der Waals surface area contributed by atoms with E-state index in [1.807, 2.05) is 6.92 Å². The molecular weight excluding hydrogens is 204 g/mol. The number of rotatable bonds is 1. The average molecular weight is 211 g/mol. The molecule has 0 aliphatic carbocycles. The van der Waals surface area contributed by atoms with Crippen LogP contribution in [0, 0.1) is 13.8 Å². The van der Waals surface area contributed by atoms with Crippen LogP contribution in [0.4, 0.5) is 0 Å². The van der Waals surface area contributed by atoms with Crippen molar-refractivity contribution in [2.24, 2.45) is 0 Å². The van der Waals surface area contributed by atoms with Crippen molar-refractivity contribution in [3.63, 3.8) is 0 Å². The first-order chi connectivity index (χ1) is 6.66. The Hall–Kier alpha value is -1.49. The van der Waals surface area contributed by atoms with Crippen LogP contribution in [0.3, 0.4) is 0 Å². The van der Waals surface area contributed by atoms with Crippen molar-refractivity contribution >= 4 is 11.6 Å². The van der Waals surface area contributed by atoms with E-state index in [0.29, 0.717) is 22.6 Å². The highest BCUT2D eigenvalue weighted by atomic mass is 35.5. The van der Waals surface area contributed by atoms with Gasteiger partial charge in [-0.2, -0.15) is 4.98 Å². The molecule has 0 unspecified atom stereocenters. The number of hydrogen-bond donors (Lipinski definition) is 0. The third-order valence-corrected chi connectivity index (χ3v) is 2.05. The fraction of sp³-hybridized carbons (Fsp3) is 0.250. The van der Waals surface area contributed by atoms with Gasteiger partial charge in [0.05, 0.1) is 0 Å². The van der Waals surface area contributed by atoms with Crippen LogP contribution in [0.5, 0.6) is 0 Å². The Kier molecular flexibility index (Phi) is 2.17. The highest BCUT2D eigenvalue weighted by molar-refractivity contribution is 6.30. The lowest BCUT2D eigenvalue weighted by atomic mass is 10.3. The average Bonchev–Trinajstić information content (AvgIpc) is 2.57. The third-order valence-electron chi connectivity index (χ3n) is 1.68. The van der Waals surface area contributed by atoms with Crippen LogP contribution in [0.1, 0.15) is 11.5 Å². The summed E-state index contributed by atoms with van der Waals surface area (Å²) in [7, 11) is 0. The van der Waals surface area contributed by atoms with E-state index >= 15 is 0 Å². The Balaban J connectivity index is 2.47. The highest BCUT2D eigenvalue weighted by Gasteiger charge is 2.09. The van der Waals surface area contributed by atoms with Crippen LogP contribution in [0.15, 0.2) is 10.6 Å². The van der Waals surface area contributed by atoms with Crippen LogP contribution in [0.25, 0.3) is 11.5 Å². The van der Waals surface area contributed by atoms with Gasteiger partial charge in [0.25, 0.3) is 0 Å². The Labute approximate surface area is 85.1 Å². The maximum Gasteiger partial charge on any atom is 0.223 e. The van der Waals surface area contributed by atoms with Crippen molar-refractivity contribution in [3.8, 4) is 11.5 Å². The molecule has 0 aliphatic heterocycles. The summed E-state index contributed by atoms with van der Waals surface area (Å²) in [5, 5.41) is 11.7. The van der Waals surface area contributed by atoms with Crippen molar-refractivity contribution < 1.29 is 4.52 Å². The third kappa shape index (κ3) is 1.58. The molecule has 0 aliphatic rings. The van der Waals surface area contributed by atoms with E-state index in [4.69, 9.17) is 16.1 Å². The molecule has 2 aromatic rings. The lowest BCUT2D eigenvalue weighted by molar-refractivity contribution is 0.394. The summed E-state index contributed by atoms with van der Waals surface area (Å²) in [5.41, 5.74) is 1.39. The second kappa shape index (κ2) is 3.34. The summed E-state index contributed by atoms with van der Waals surface area (Å²) < 4.78 is 4.83. The van der Waals surface area contributed by atoms with E-state index < -0.39 is 0 Å². The topological polar surface area (TPSA) is 64.7 Å². The number of aromatic nitrogens is 4. The van der Waals surface area contributed by atoms with Crippen LogP contribution in [-0.2, 0) is 0 Å². The minimum atomic E-state index is 0.383. The van der Waals surface area contributed by atoms with E-state index in [9.17, 15) is 0 Å². The van der Waals surface area contributed by atoms with Crippen molar-refractivity contribution in [2.45, 2.75) is 13.8 Å². The maximum atomic E-state index is 5.74. The normalized spacial score (nSPS) is 10.5. The summed E-state index contributed by atoms with van der Waals surface area (Å²) >= 11 is 5.74. The quantitative estimate of drug-likeness (QED) is 0.718. The molecule has 0 atom stereocenters. The molecule has 14 heavy (non-hydrogen) atoms. The number of hydrogen-bond acceptors (Lipinski definition) is 5. The molecule has 2 heterocycles. The predicted molar refractivity (Wildman–Crippen MR) is 49.8 cm³/mol. The van der Waals surface area contributed by atoms with Crippen LogP contribution >= 0.6 is 11.6 Å². The van der Waals surface area contributed by atoms with E-state index in [1.165, 1.54) is 0 Å². The molecule has 0 spiro atoms. The molecular formula is C8H7ClN4O. The Morgan fingerprint density at radius 2 is 2.07 bits per heavy atom. The van der Waals surface area contributed by atoms with Crippen molar-refractivity contribution in [2.75, 3.05) is 0 Å². The molecule has 2 aromatic heterocycles. The predicted octanol–water partition coefficient (Wildman–Crippen LogP) is 1.80. The van der Waals surface area contributed by atoms with E-state index in [1.54, 1.807) is 13.0 Å². The Bertz CT molecular complexity index is 468. The molecule has 0 radical (unpaired) electrons. The van der Waals surface area contributed by atoms with Crippen molar-refractivity contribution in [1.82, 2.24) is 20.3 Å². The number of nitrogens with zero attached hydrogens (tertiary/aromatic N) is 4. The Morgan fingerprint density at radius 1 is 1.29 bits per heavy atom. The number of halogens is 1. The summed E-state index contributed by atoms with van der Waals surface area (Å²) in [6.07, 6.45) is 0. The highest BCUT2D eigenvalue weighted by Crippen LogP contribution is 2.17. The van der Waals surface area contributed by atoms with Gasteiger partial charge in [0.2, 0.25) is 11.7 Å². The molecule has 2 rings (SSSR count). The van der Waals surface area contributed by atoms with E-state index in [-0.39, 0.29) is 0 Å². The molecule has 0 bridgehead atoms. The van der Waals surface area contributed by atoms with Crippen LogP contribution in [-0.4, -0.2) is 20.3 Å². The van der Waals surface area contributed by atoms with Gasteiger partial charge in [-0.05, 0) is 18.6 Å². The van der Waals surface area contributed by atoms with Gasteiger partial charge in [0, 0.05) is 6.92 Å². The summed E-state index contributed by atoms with van der Waals surface area (Å²) in [5.74, 6) is 0.921. The first-order valence-corrected chi connectivity index (χ1v) is 4.35. The molecule has 72 valence electrons. The standard InChI is InChI=1S/C8H7ClN4O/c1-4-3-6(11-12-7(4)9)8-10-5(2)14-13-8/h3H,1-2H3. The Morgan fingerprint density at radius 3 is 2.64 bits per heavy atom. The zero-order valence-electron chi connectivity index (χ0n) is 7.65. The second-order valence-corrected chi connectivity index (χ2v) is 3.20. The van der Waals surface area contributed by atoms with Gasteiger partial charge in [0.15, 0.2) is 5.15 Å². The first-order valence-electron chi connectivity index (χ1n) is 3.97. The van der Waals surface area contributed by atoms with Gasteiger partial charge in [-0.15, -0.1) is 10.2 Å². The molecule has 0 aromatic carbocycles. The second-order valence-electron chi connectivity index (χ2n) is 2.84. The molecule has 0 saturated heterocycles. The van der Waals surface area contributed by atoms with Crippen LogP contribution < -0.4 is 0 Å².